The van der Waals surface area contributed by atoms with Crippen LogP contribution in [0.3, 0.4) is 0 Å². The molecule has 0 amide bonds. The summed E-state index contributed by atoms with van der Waals surface area (Å²) in [4.78, 5) is 2.30. The molecule has 1 aliphatic rings. The molecule has 0 spiro atoms. The lowest BCUT2D eigenvalue weighted by molar-refractivity contribution is 0.547. The molecule has 1 aromatic rings. The van der Waals surface area contributed by atoms with Crippen molar-refractivity contribution in [3.05, 3.63) is 17.8 Å². The molecule has 88 valence electrons. The second-order valence-electron chi connectivity index (χ2n) is 4.79. The normalized spacial score (nSPS) is 18.1. The lowest BCUT2D eigenvalue weighted by atomic mass is 10.1. The zero-order valence-corrected chi connectivity index (χ0v) is 10.3. The second kappa shape index (κ2) is 5.28. The average molecular weight is 219 g/mol. The molecule has 1 heterocycles. The Bertz CT molecular complexity index is 312. The van der Waals surface area contributed by atoms with E-state index in [-0.39, 0.29) is 0 Å². The van der Waals surface area contributed by atoms with Crippen molar-refractivity contribution in [3.8, 4) is 0 Å². The molecular formula is C13H21N3. The zero-order valence-electron chi connectivity index (χ0n) is 10.3. The molecule has 0 saturated heterocycles. The highest BCUT2D eigenvalue weighted by atomic mass is 15.3. The van der Waals surface area contributed by atoms with Crippen LogP contribution in [0.2, 0.25) is 0 Å². The Labute approximate surface area is 97.9 Å². The third kappa shape index (κ3) is 2.71. The summed E-state index contributed by atoms with van der Waals surface area (Å²) >= 11 is 0. The number of hydrogen-bond donors (Lipinski definition) is 0. The maximum atomic E-state index is 4.26. The van der Waals surface area contributed by atoms with E-state index in [1.807, 2.05) is 13.0 Å². The van der Waals surface area contributed by atoms with E-state index in [1.54, 1.807) is 0 Å². The van der Waals surface area contributed by atoms with Crippen LogP contribution in [0.4, 0.5) is 5.82 Å². The van der Waals surface area contributed by atoms with Gasteiger partial charge in [0.1, 0.15) is 0 Å². The van der Waals surface area contributed by atoms with Gasteiger partial charge in [-0.1, -0.05) is 25.7 Å². The summed E-state index contributed by atoms with van der Waals surface area (Å²) in [5.74, 6) is 1.01. The van der Waals surface area contributed by atoms with E-state index in [2.05, 4.69) is 28.2 Å². The molecule has 0 N–H and O–H groups in total. The van der Waals surface area contributed by atoms with Gasteiger partial charge in [-0.25, -0.2) is 0 Å². The summed E-state index contributed by atoms with van der Waals surface area (Å²) in [6.45, 7) is 1.97. The number of anilines is 1. The third-order valence-electron chi connectivity index (χ3n) is 3.52. The Morgan fingerprint density at radius 1 is 1.06 bits per heavy atom. The van der Waals surface area contributed by atoms with E-state index >= 15 is 0 Å². The van der Waals surface area contributed by atoms with Gasteiger partial charge >= 0.3 is 0 Å². The second-order valence-corrected chi connectivity index (χ2v) is 4.79. The molecule has 0 unspecified atom stereocenters. The number of nitrogens with zero attached hydrogens (tertiary/aromatic N) is 3. The van der Waals surface area contributed by atoms with Crippen LogP contribution in [-0.4, -0.2) is 23.3 Å². The van der Waals surface area contributed by atoms with Crippen LogP contribution in [0.25, 0.3) is 0 Å². The minimum atomic E-state index is 0.652. The summed E-state index contributed by atoms with van der Waals surface area (Å²) in [5, 5.41) is 8.39. The van der Waals surface area contributed by atoms with Crippen LogP contribution >= 0.6 is 0 Å². The Hall–Kier alpha value is -1.12. The number of hydrogen-bond acceptors (Lipinski definition) is 3. The van der Waals surface area contributed by atoms with Crippen molar-refractivity contribution in [2.24, 2.45) is 0 Å². The standard InChI is InChI=1S/C13H21N3/c1-11-9-10-13(15-14-11)16(2)12-7-5-3-4-6-8-12/h9-10,12H,3-8H2,1-2H3. The molecule has 0 atom stereocenters. The maximum absolute atomic E-state index is 4.26. The lowest BCUT2D eigenvalue weighted by Gasteiger charge is -2.27. The summed E-state index contributed by atoms with van der Waals surface area (Å²) in [6.07, 6.45) is 8.09. The molecule has 1 fully saturated rings. The average Bonchev–Trinajstić information content (AvgIpc) is 2.57. The predicted octanol–water partition coefficient (Wildman–Crippen LogP) is 2.94. The zero-order chi connectivity index (χ0) is 11.4. The van der Waals surface area contributed by atoms with Gasteiger partial charge < -0.3 is 4.90 Å². The summed E-state index contributed by atoms with van der Waals surface area (Å²) in [6, 6.07) is 4.77. The van der Waals surface area contributed by atoms with E-state index in [0.717, 1.165) is 11.5 Å². The van der Waals surface area contributed by atoms with Crippen LogP contribution < -0.4 is 4.90 Å². The highest BCUT2D eigenvalue weighted by molar-refractivity contribution is 5.37. The van der Waals surface area contributed by atoms with Gasteiger partial charge in [-0.05, 0) is 31.9 Å². The molecule has 1 aromatic heterocycles. The molecule has 3 heteroatoms. The van der Waals surface area contributed by atoms with Crippen LogP contribution in [0.1, 0.15) is 44.2 Å². The van der Waals surface area contributed by atoms with E-state index in [1.165, 1.54) is 38.5 Å². The molecule has 3 nitrogen and oxygen atoms in total. The first-order chi connectivity index (χ1) is 7.77. The number of aryl methyl sites for hydroxylation is 1. The maximum Gasteiger partial charge on any atom is 0.151 e. The summed E-state index contributed by atoms with van der Waals surface area (Å²) in [7, 11) is 2.15. The fourth-order valence-electron chi connectivity index (χ4n) is 2.41. The SMILES string of the molecule is Cc1ccc(N(C)C2CCCCCC2)nn1. The molecular weight excluding hydrogens is 198 g/mol. The quantitative estimate of drug-likeness (QED) is 0.716. The first-order valence-corrected chi connectivity index (χ1v) is 6.30. The van der Waals surface area contributed by atoms with Crippen molar-refractivity contribution in [1.29, 1.82) is 0 Å². The highest BCUT2D eigenvalue weighted by Crippen LogP contribution is 2.23. The van der Waals surface area contributed by atoms with Gasteiger partial charge in [-0.3, -0.25) is 0 Å². The van der Waals surface area contributed by atoms with Gasteiger partial charge in [0.05, 0.1) is 5.69 Å². The predicted molar refractivity (Wildman–Crippen MR) is 66.7 cm³/mol. The van der Waals surface area contributed by atoms with E-state index in [4.69, 9.17) is 0 Å². The van der Waals surface area contributed by atoms with Crippen LogP contribution in [-0.2, 0) is 0 Å². The Morgan fingerprint density at radius 2 is 1.75 bits per heavy atom. The van der Waals surface area contributed by atoms with Crippen molar-refractivity contribution in [2.75, 3.05) is 11.9 Å². The summed E-state index contributed by atoms with van der Waals surface area (Å²) < 4.78 is 0. The van der Waals surface area contributed by atoms with Crippen molar-refractivity contribution in [1.82, 2.24) is 10.2 Å². The van der Waals surface area contributed by atoms with Crippen LogP contribution in [0.15, 0.2) is 12.1 Å². The van der Waals surface area contributed by atoms with Crippen molar-refractivity contribution >= 4 is 5.82 Å². The Kier molecular flexibility index (Phi) is 3.75. The molecule has 0 bridgehead atoms. The number of aromatic nitrogens is 2. The smallest absolute Gasteiger partial charge is 0.151 e. The molecule has 2 rings (SSSR count). The van der Waals surface area contributed by atoms with E-state index in [9.17, 15) is 0 Å². The fourth-order valence-corrected chi connectivity index (χ4v) is 2.41. The number of rotatable bonds is 2. The molecule has 0 aromatic carbocycles. The summed E-state index contributed by atoms with van der Waals surface area (Å²) in [5.41, 5.74) is 0.984. The highest BCUT2D eigenvalue weighted by Gasteiger charge is 2.18. The molecule has 0 radical (unpaired) electrons. The Balaban J connectivity index is 2.04. The monoisotopic (exact) mass is 219 g/mol. The van der Waals surface area contributed by atoms with Gasteiger partial charge in [-0.2, -0.15) is 5.10 Å². The molecule has 16 heavy (non-hydrogen) atoms. The molecule has 1 saturated carbocycles. The largest absolute Gasteiger partial charge is 0.355 e. The van der Waals surface area contributed by atoms with Crippen molar-refractivity contribution in [3.63, 3.8) is 0 Å². The first kappa shape index (κ1) is 11.4. The van der Waals surface area contributed by atoms with E-state index < -0.39 is 0 Å². The topological polar surface area (TPSA) is 29.0 Å². The first-order valence-electron chi connectivity index (χ1n) is 6.30. The van der Waals surface area contributed by atoms with Gasteiger partial charge in [-0.15, -0.1) is 5.10 Å². The lowest BCUT2D eigenvalue weighted by Crippen LogP contribution is -2.31. The van der Waals surface area contributed by atoms with Crippen LogP contribution in [0, 0.1) is 6.92 Å². The van der Waals surface area contributed by atoms with E-state index in [0.29, 0.717) is 6.04 Å². The van der Waals surface area contributed by atoms with Crippen molar-refractivity contribution in [2.45, 2.75) is 51.5 Å². The van der Waals surface area contributed by atoms with Gasteiger partial charge in [0.15, 0.2) is 5.82 Å². The minimum Gasteiger partial charge on any atom is -0.355 e. The van der Waals surface area contributed by atoms with Crippen molar-refractivity contribution < 1.29 is 0 Å². The van der Waals surface area contributed by atoms with Gasteiger partial charge in [0.2, 0.25) is 0 Å². The third-order valence-corrected chi connectivity index (χ3v) is 3.52. The Morgan fingerprint density at radius 3 is 2.31 bits per heavy atom. The van der Waals surface area contributed by atoms with Crippen LogP contribution in [0.5, 0.6) is 0 Å². The van der Waals surface area contributed by atoms with Gasteiger partial charge in [0, 0.05) is 13.1 Å². The van der Waals surface area contributed by atoms with Gasteiger partial charge in [0.25, 0.3) is 0 Å². The molecule has 1 aliphatic carbocycles. The minimum absolute atomic E-state index is 0.652. The molecule has 0 aliphatic heterocycles. The fraction of sp³-hybridized carbons (Fsp3) is 0.692.